The van der Waals surface area contributed by atoms with Gasteiger partial charge in [-0.05, 0) is 48.9 Å². The molecule has 1 N–H and O–H groups in total. The third kappa shape index (κ3) is 5.73. The van der Waals surface area contributed by atoms with Crippen molar-refractivity contribution in [2.24, 2.45) is 0 Å². The quantitative estimate of drug-likeness (QED) is 0.808. The Bertz CT molecular complexity index is 821. The zero-order chi connectivity index (χ0) is 19.9. The second-order valence-electron chi connectivity index (χ2n) is 6.75. The van der Waals surface area contributed by atoms with Crippen molar-refractivity contribution >= 4 is 35.0 Å². The summed E-state index contributed by atoms with van der Waals surface area (Å²) >= 11 is 1.29. The molecule has 0 saturated carbocycles. The van der Waals surface area contributed by atoms with Gasteiger partial charge in [0.25, 0.3) is 0 Å². The van der Waals surface area contributed by atoms with Gasteiger partial charge in [-0.2, -0.15) is 0 Å². The van der Waals surface area contributed by atoms with Crippen molar-refractivity contribution in [3.63, 3.8) is 0 Å². The maximum Gasteiger partial charge on any atom is 0.234 e. The van der Waals surface area contributed by atoms with Gasteiger partial charge in [-0.3, -0.25) is 9.59 Å². The number of hydrogen-bond donors (Lipinski definition) is 1. The van der Waals surface area contributed by atoms with Crippen LogP contribution in [0.5, 0.6) is 0 Å². The Morgan fingerprint density at radius 1 is 1.04 bits per heavy atom. The highest BCUT2D eigenvalue weighted by Crippen LogP contribution is 2.18. The van der Waals surface area contributed by atoms with E-state index in [0.717, 1.165) is 13.1 Å². The summed E-state index contributed by atoms with van der Waals surface area (Å²) in [5.74, 6) is -0.0224. The molecule has 148 valence electrons. The molecule has 0 radical (unpaired) electrons. The molecular weight excluding hydrogens is 377 g/mol. The van der Waals surface area contributed by atoms with Crippen LogP contribution in [0.25, 0.3) is 0 Å². The fraction of sp³-hybridized carbons (Fsp3) is 0.333. The first-order chi connectivity index (χ1) is 13.5. The van der Waals surface area contributed by atoms with Gasteiger partial charge >= 0.3 is 0 Å². The SMILES string of the molecule is Cc1cccc(N2CCN(C(=O)CSCC(=O)Nc3ccc(F)cc3)CC2)c1. The molecule has 1 aliphatic rings. The molecule has 0 unspecified atom stereocenters. The molecule has 1 saturated heterocycles. The fourth-order valence-corrected chi connectivity index (χ4v) is 3.81. The standard InChI is InChI=1S/C21H24FN3O2S/c1-16-3-2-4-19(13-16)24-9-11-25(12-10-24)21(27)15-28-14-20(26)23-18-7-5-17(22)6-8-18/h2-8,13H,9-12,14-15H2,1H3,(H,23,26). The Kier molecular flexibility index (Phi) is 6.92. The van der Waals surface area contributed by atoms with Gasteiger partial charge in [0.15, 0.2) is 0 Å². The van der Waals surface area contributed by atoms with Crippen LogP contribution in [0.4, 0.5) is 15.8 Å². The highest BCUT2D eigenvalue weighted by molar-refractivity contribution is 8.00. The van der Waals surface area contributed by atoms with Crippen molar-refractivity contribution in [3.05, 3.63) is 59.9 Å². The Morgan fingerprint density at radius 3 is 2.43 bits per heavy atom. The molecular formula is C21H24FN3O2S. The number of amides is 2. The van der Waals surface area contributed by atoms with Crippen LogP contribution in [-0.4, -0.2) is 54.4 Å². The third-order valence-electron chi connectivity index (χ3n) is 4.59. The van der Waals surface area contributed by atoms with E-state index in [2.05, 4.69) is 41.4 Å². The molecule has 0 aromatic heterocycles. The van der Waals surface area contributed by atoms with Crippen LogP contribution >= 0.6 is 11.8 Å². The molecule has 0 atom stereocenters. The van der Waals surface area contributed by atoms with Crippen molar-refractivity contribution in [2.75, 3.05) is 47.9 Å². The van der Waals surface area contributed by atoms with Gasteiger partial charge in [0.2, 0.25) is 11.8 Å². The topological polar surface area (TPSA) is 52.7 Å². The summed E-state index contributed by atoms with van der Waals surface area (Å²) in [5, 5.41) is 2.69. The van der Waals surface area contributed by atoms with Crippen molar-refractivity contribution < 1.29 is 14.0 Å². The number of halogens is 1. The number of carbonyl (C=O) groups excluding carboxylic acids is 2. The lowest BCUT2D eigenvalue weighted by atomic mass is 10.2. The lowest BCUT2D eigenvalue weighted by molar-refractivity contribution is -0.128. The monoisotopic (exact) mass is 401 g/mol. The van der Waals surface area contributed by atoms with E-state index in [1.807, 2.05) is 4.90 Å². The molecule has 5 nitrogen and oxygen atoms in total. The Hall–Kier alpha value is -2.54. The highest BCUT2D eigenvalue weighted by Gasteiger charge is 2.21. The number of aryl methyl sites for hydroxylation is 1. The number of hydrogen-bond acceptors (Lipinski definition) is 4. The number of piperazine rings is 1. The molecule has 1 heterocycles. The summed E-state index contributed by atoms with van der Waals surface area (Å²) in [4.78, 5) is 28.5. The van der Waals surface area contributed by atoms with Crippen LogP contribution < -0.4 is 10.2 Å². The van der Waals surface area contributed by atoms with Crippen molar-refractivity contribution in [1.29, 1.82) is 0 Å². The van der Waals surface area contributed by atoms with E-state index < -0.39 is 0 Å². The van der Waals surface area contributed by atoms with Crippen molar-refractivity contribution in [3.8, 4) is 0 Å². The highest BCUT2D eigenvalue weighted by atomic mass is 32.2. The fourth-order valence-electron chi connectivity index (χ4n) is 3.09. The maximum atomic E-state index is 12.9. The summed E-state index contributed by atoms with van der Waals surface area (Å²) in [5.41, 5.74) is 2.97. The smallest absolute Gasteiger partial charge is 0.234 e. The average molecular weight is 402 g/mol. The first kappa shape index (κ1) is 20.2. The van der Waals surface area contributed by atoms with E-state index in [4.69, 9.17) is 0 Å². The number of benzene rings is 2. The minimum atomic E-state index is -0.347. The molecule has 1 aliphatic heterocycles. The predicted octanol–water partition coefficient (Wildman–Crippen LogP) is 3.15. The summed E-state index contributed by atoms with van der Waals surface area (Å²) in [6, 6.07) is 14.0. The Morgan fingerprint density at radius 2 is 1.75 bits per heavy atom. The number of thioether (sulfide) groups is 1. The summed E-state index contributed by atoms with van der Waals surface area (Å²) < 4.78 is 12.9. The second-order valence-corrected chi connectivity index (χ2v) is 7.74. The molecule has 2 aromatic carbocycles. The van der Waals surface area contributed by atoms with Gasteiger partial charge in [-0.25, -0.2) is 4.39 Å². The molecule has 2 aromatic rings. The second kappa shape index (κ2) is 9.59. The molecule has 28 heavy (non-hydrogen) atoms. The average Bonchev–Trinajstić information content (AvgIpc) is 2.70. The van der Waals surface area contributed by atoms with E-state index >= 15 is 0 Å². The largest absolute Gasteiger partial charge is 0.368 e. The van der Waals surface area contributed by atoms with E-state index in [0.29, 0.717) is 18.8 Å². The van der Waals surface area contributed by atoms with Gasteiger partial charge in [0.05, 0.1) is 11.5 Å². The first-order valence-corrected chi connectivity index (χ1v) is 10.4. The Balaban J connectivity index is 1.37. The summed E-state index contributed by atoms with van der Waals surface area (Å²) in [6.45, 7) is 5.08. The van der Waals surface area contributed by atoms with Crippen molar-refractivity contribution in [2.45, 2.75) is 6.92 Å². The molecule has 7 heteroatoms. The van der Waals surface area contributed by atoms with Gasteiger partial charge < -0.3 is 15.1 Å². The van der Waals surface area contributed by atoms with Gasteiger partial charge in [0.1, 0.15) is 5.82 Å². The number of nitrogens with one attached hydrogen (secondary N) is 1. The lowest BCUT2D eigenvalue weighted by Gasteiger charge is -2.36. The van der Waals surface area contributed by atoms with Gasteiger partial charge in [-0.15, -0.1) is 11.8 Å². The van der Waals surface area contributed by atoms with E-state index in [9.17, 15) is 14.0 Å². The van der Waals surface area contributed by atoms with Crippen LogP contribution in [0, 0.1) is 12.7 Å². The van der Waals surface area contributed by atoms with E-state index in [1.165, 1.54) is 47.3 Å². The third-order valence-corrected chi connectivity index (χ3v) is 5.50. The number of nitrogens with zero attached hydrogens (tertiary/aromatic N) is 2. The number of anilines is 2. The van der Waals surface area contributed by atoms with Crippen LogP contribution in [-0.2, 0) is 9.59 Å². The molecule has 0 spiro atoms. The number of rotatable bonds is 6. The van der Waals surface area contributed by atoms with Crippen LogP contribution in [0.1, 0.15) is 5.56 Å². The molecule has 2 amide bonds. The first-order valence-electron chi connectivity index (χ1n) is 9.24. The molecule has 3 rings (SSSR count). The van der Waals surface area contributed by atoms with Crippen LogP contribution in [0.2, 0.25) is 0 Å². The summed E-state index contributed by atoms with van der Waals surface area (Å²) in [7, 11) is 0. The normalized spacial score (nSPS) is 14.1. The van der Waals surface area contributed by atoms with E-state index in [1.54, 1.807) is 0 Å². The maximum absolute atomic E-state index is 12.9. The van der Waals surface area contributed by atoms with Crippen molar-refractivity contribution in [1.82, 2.24) is 4.90 Å². The molecule has 0 bridgehead atoms. The van der Waals surface area contributed by atoms with E-state index in [-0.39, 0.29) is 29.1 Å². The molecule has 1 fully saturated rings. The minimum Gasteiger partial charge on any atom is -0.368 e. The Labute approximate surface area is 168 Å². The zero-order valence-electron chi connectivity index (χ0n) is 15.9. The minimum absolute atomic E-state index is 0.0588. The van der Waals surface area contributed by atoms with Crippen LogP contribution in [0.3, 0.4) is 0 Å². The number of carbonyl (C=O) groups is 2. The van der Waals surface area contributed by atoms with Gasteiger partial charge in [0, 0.05) is 37.6 Å². The van der Waals surface area contributed by atoms with Gasteiger partial charge in [-0.1, -0.05) is 12.1 Å². The lowest BCUT2D eigenvalue weighted by Crippen LogP contribution is -2.49. The molecule has 0 aliphatic carbocycles. The van der Waals surface area contributed by atoms with Crippen LogP contribution in [0.15, 0.2) is 48.5 Å². The zero-order valence-corrected chi connectivity index (χ0v) is 16.7. The summed E-state index contributed by atoms with van der Waals surface area (Å²) in [6.07, 6.45) is 0. The predicted molar refractivity (Wildman–Crippen MR) is 112 cm³/mol.